The molecule has 0 spiro atoms. The Labute approximate surface area is 141 Å². The standard InChI is InChI=1S/C21H19NO2/c23-21(20-11-5-9-15-6-3-4-10-19(15)20)22-13-18-12-16-7-1-2-8-17(16)14-24-18/h1-11,18H,12-14H2,(H,22,23). The monoisotopic (exact) mass is 317 g/mol. The molecule has 0 aliphatic carbocycles. The topological polar surface area (TPSA) is 38.3 Å². The summed E-state index contributed by atoms with van der Waals surface area (Å²) >= 11 is 0. The fourth-order valence-corrected chi connectivity index (χ4v) is 3.27. The van der Waals surface area contributed by atoms with Gasteiger partial charge in [-0.25, -0.2) is 0 Å². The predicted octanol–water partition coefficient (Wildman–Crippen LogP) is 3.71. The van der Waals surface area contributed by atoms with Crippen LogP contribution in [-0.4, -0.2) is 18.6 Å². The second-order valence-electron chi connectivity index (χ2n) is 6.14. The molecule has 4 rings (SSSR count). The smallest absolute Gasteiger partial charge is 0.252 e. The molecule has 120 valence electrons. The van der Waals surface area contributed by atoms with E-state index in [0.29, 0.717) is 18.7 Å². The van der Waals surface area contributed by atoms with Crippen LogP contribution in [-0.2, 0) is 17.8 Å². The highest BCUT2D eigenvalue weighted by molar-refractivity contribution is 6.07. The van der Waals surface area contributed by atoms with E-state index >= 15 is 0 Å². The summed E-state index contributed by atoms with van der Waals surface area (Å²) in [5, 5.41) is 5.08. The first-order chi connectivity index (χ1) is 11.8. The third kappa shape index (κ3) is 2.91. The Bertz CT molecular complexity index is 882. The van der Waals surface area contributed by atoms with Crippen molar-refractivity contribution >= 4 is 16.7 Å². The quantitative estimate of drug-likeness (QED) is 0.800. The molecule has 3 nitrogen and oxygen atoms in total. The first-order valence-electron chi connectivity index (χ1n) is 8.25. The molecule has 3 heteroatoms. The molecule has 0 fully saturated rings. The Kier molecular flexibility index (Phi) is 4.01. The van der Waals surface area contributed by atoms with Crippen LogP contribution in [0.15, 0.2) is 66.7 Å². The van der Waals surface area contributed by atoms with Crippen LogP contribution in [0, 0.1) is 0 Å². The van der Waals surface area contributed by atoms with Gasteiger partial charge in [0.25, 0.3) is 5.91 Å². The van der Waals surface area contributed by atoms with Gasteiger partial charge in [0.15, 0.2) is 0 Å². The van der Waals surface area contributed by atoms with Crippen molar-refractivity contribution in [2.24, 2.45) is 0 Å². The van der Waals surface area contributed by atoms with Crippen LogP contribution in [0.1, 0.15) is 21.5 Å². The Balaban J connectivity index is 1.45. The lowest BCUT2D eigenvalue weighted by atomic mass is 9.99. The lowest BCUT2D eigenvalue weighted by Gasteiger charge is -2.25. The largest absolute Gasteiger partial charge is 0.371 e. The van der Waals surface area contributed by atoms with Crippen molar-refractivity contribution in [3.63, 3.8) is 0 Å². The second kappa shape index (κ2) is 6.46. The molecule has 1 N–H and O–H groups in total. The van der Waals surface area contributed by atoms with Crippen molar-refractivity contribution in [2.75, 3.05) is 6.54 Å². The number of fused-ring (bicyclic) bond motifs is 2. The zero-order chi connectivity index (χ0) is 16.4. The summed E-state index contributed by atoms with van der Waals surface area (Å²) in [5.74, 6) is -0.0470. The van der Waals surface area contributed by atoms with Crippen LogP contribution >= 0.6 is 0 Å². The molecule has 1 amide bonds. The third-order valence-corrected chi connectivity index (χ3v) is 4.57. The van der Waals surface area contributed by atoms with Crippen LogP contribution < -0.4 is 5.32 Å². The van der Waals surface area contributed by atoms with E-state index in [4.69, 9.17) is 4.74 Å². The van der Waals surface area contributed by atoms with Crippen molar-refractivity contribution in [3.8, 4) is 0 Å². The molecule has 0 aromatic heterocycles. The van der Waals surface area contributed by atoms with Crippen molar-refractivity contribution in [1.29, 1.82) is 0 Å². The predicted molar refractivity (Wildman–Crippen MR) is 95.0 cm³/mol. The minimum absolute atomic E-state index is 0.0267. The van der Waals surface area contributed by atoms with Crippen LogP contribution in [0.4, 0.5) is 0 Å². The molecule has 1 unspecified atom stereocenters. The first kappa shape index (κ1) is 14.9. The van der Waals surface area contributed by atoms with E-state index in [1.807, 2.05) is 48.5 Å². The number of carbonyl (C=O) groups is 1. The molecule has 1 atom stereocenters. The van der Waals surface area contributed by atoms with Crippen molar-refractivity contribution < 1.29 is 9.53 Å². The number of nitrogens with one attached hydrogen (secondary N) is 1. The third-order valence-electron chi connectivity index (χ3n) is 4.57. The van der Waals surface area contributed by atoms with Gasteiger partial charge < -0.3 is 10.1 Å². The number of hydrogen-bond donors (Lipinski definition) is 1. The van der Waals surface area contributed by atoms with Gasteiger partial charge in [0.2, 0.25) is 0 Å². The zero-order valence-electron chi connectivity index (χ0n) is 13.4. The van der Waals surface area contributed by atoms with E-state index < -0.39 is 0 Å². The summed E-state index contributed by atoms with van der Waals surface area (Å²) < 4.78 is 5.86. The summed E-state index contributed by atoms with van der Waals surface area (Å²) in [4.78, 5) is 12.6. The van der Waals surface area contributed by atoms with E-state index in [-0.39, 0.29) is 12.0 Å². The van der Waals surface area contributed by atoms with E-state index in [1.54, 1.807) is 0 Å². The summed E-state index contributed by atoms with van der Waals surface area (Å²) in [6, 6.07) is 22.1. The van der Waals surface area contributed by atoms with Gasteiger partial charge in [0.05, 0.1) is 12.7 Å². The molecule has 1 aliphatic rings. The van der Waals surface area contributed by atoms with Gasteiger partial charge >= 0.3 is 0 Å². The van der Waals surface area contributed by atoms with Crippen molar-refractivity contribution in [2.45, 2.75) is 19.1 Å². The molecule has 1 heterocycles. The van der Waals surface area contributed by atoms with E-state index in [2.05, 4.69) is 23.5 Å². The highest BCUT2D eigenvalue weighted by Gasteiger charge is 2.20. The van der Waals surface area contributed by atoms with Gasteiger partial charge in [-0.15, -0.1) is 0 Å². The van der Waals surface area contributed by atoms with Crippen molar-refractivity contribution in [1.82, 2.24) is 5.32 Å². The molecule has 3 aromatic rings. The van der Waals surface area contributed by atoms with Gasteiger partial charge in [0.1, 0.15) is 0 Å². The lowest BCUT2D eigenvalue weighted by Crippen LogP contribution is -2.36. The normalized spacial score (nSPS) is 16.6. The Morgan fingerprint density at radius 1 is 0.958 bits per heavy atom. The fourth-order valence-electron chi connectivity index (χ4n) is 3.27. The van der Waals surface area contributed by atoms with Crippen LogP contribution in [0.25, 0.3) is 10.8 Å². The lowest BCUT2D eigenvalue weighted by molar-refractivity contribution is 0.0285. The molecule has 24 heavy (non-hydrogen) atoms. The Morgan fingerprint density at radius 2 is 1.71 bits per heavy atom. The maximum atomic E-state index is 12.6. The Morgan fingerprint density at radius 3 is 2.62 bits per heavy atom. The number of carbonyl (C=O) groups excluding carboxylic acids is 1. The fraction of sp³-hybridized carbons (Fsp3) is 0.190. The molecular formula is C21H19NO2. The molecule has 0 saturated heterocycles. The van der Waals surface area contributed by atoms with E-state index in [9.17, 15) is 4.79 Å². The summed E-state index contributed by atoms with van der Waals surface area (Å²) in [6.07, 6.45) is 0.866. The summed E-state index contributed by atoms with van der Waals surface area (Å²) in [6.45, 7) is 1.14. The van der Waals surface area contributed by atoms with E-state index in [0.717, 1.165) is 17.2 Å². The van der Waals surface area contributed by atoms with Gasteiger partial charge in [-0.05, 0) is 28.0 Å². The SMILES string of the molecule is O=C(NCC1Cc2ccccc2CO1)c1cccc2ccccc12. The molecule has 1 aliphatic heterocycles. The first-order valence-corrected chi connectivity index (χ1v) is 8.25. The second-order valence-corrected chi connectivity index (χ2v) is 6.14. The number of amides is 1. The van der Waals surface area contributed by atoms with Crippen LogP contribution in [0.2, 0.25) is 0 Å². The van der Waals surface area contributed by atoms with Gasteiger partial charge in [-0.2, -0.15) is 0 Å². The zero-order valence-corrected chi connectivity index (χ0v) is 13.4. The van der Waals surface area contributed by atoms with Crippen molar-refractivity contribution in [3.05, 3.63) is 83.4 Å². The van der Waals surface area contributed by atoms with E-state index in [1.165, 1.54) is 11.1 Å². The Hall–Kier alpha value is -2.65. The minimum atomic E-state index is -0.0470. The number of hydrogen-bond acceptors (Lipinski definition) is 2. The van der Waals surface area contributed by atoms with Gasteiger partial charge in [0, 0.05) is 18.5 Å². The average molecular weight is 317 g/mol. The maximum absolute atomic E-state index is 12.6. The summed E-state index contributed by atoms with van der Waals surface area (Å²) in [5.41, 5.74) is 3.27. The summed E-state index contributed by atoms with van der Waals surface area (Å²) in [7, 11) is 0. The number of benzene rings is 3. The average Bonchev–Trinajstić information content (AvgIpc) is 2.65. The van der Waals surface area contributed by atoms with Gasteiger partial charge in [-0.1, -0.05) is 60.7 Å². The van der Waals surface area contributed by atoms with Crippen LogP contribution in [0.3, 0.4) is 0 Å². The maximum Gasteiger partial charge on any atom is 0.252 e. The van der Waals surface area contributed by atoms with Gasteiger partial charge in [-0.3, -0.25) is 4.79 Å². The molecule has 3 aromatic carbocycles. The molecule has 0 bridgehead atoms. The minimum Gasteiger partial charge on any atom is -0.371 e. The number of ether oxygens (including phenoxy) is 1. The molecule has 0 saturated carbocycles. The molecule has 0 radical (unpaired) electrons. The number of rotatable bonds is 3. The highest BCUT2D eigenvalue weighted by Crippen LogP contribution is 2.21. The highest BCUT2D eigenvalue weighted by atomic mass is 16.5. The molecular weight excluding hydrogens is 298 g/mol. The van der Waals surface area contributed by atoms with Crippen LogP contribution in [0.5, 0.6) is 0 Å².